The lowest BCUT2D eigenvalue weighted by Crippen LogP contribution is -1.95. The molecule has 0 fully saturated rings. The first-order chi connectivity index (χ1) is 6.24. The van der Waals surface area contributed by atoms with E-state index in [1.807, 2.05) is 37.3 Å². The van der Waals surface area contributed by atoms with Crippen LogP contribution in [0.4, 0.5) is 0 Å². The number of hydrogen-bond donors (Lipinski definition) is 0. The van der Waals surface area contributed by atoms with Gasteiger partial charge in [-0.05, 0) is 13.6 Å². The van der Waals surface area contributed by atoms with Crippen molar-refractivity contribution in [1.82, 2.24) is 0 Å². The number of aliphatic imine (C=N–C) groups is 2. The molecule has 1 aromatic carbocycles. The highest BCUT2D eigenvalue weighted by molar-refractivity contribution is 6.01. The maximum Gasteiger partial charge on any atom is 0.158 e. The third-order valence-electron chi connectivity index (χ3n) is 1.48. The van der Waals surface area contributed by atoms with Crippen LogP contribution in [0.25, 0.3) is 0 Å². The molecule has 1 rings (SSSR count). The Morgan fingerprint density at radius 2 is 1.85 bits per heavy atom. The molecule has 0 bridgehead atoms. The molecule has 0 saturated carbocycles. The largest absolute Gasteiger partial charge is 0.245 e. The van der Waals surface area contributed by atoms with Crippen molar-refractivity contribution in [3.05, 3.63) is 48.2 Å². The average Bonchev–Trinajstić information content (AvgIpc) is 2.15. The van der Waals surface area contributed by atoms with Gasteiger partial charge in [-0.2, -0.15) is 0 Å². The van der Waals surface area contributed by atoms with Gasteiger partial charge in [-0.1, -0.05) is 36.9 Å². The summed E-state index contributed by atoms with van der Waals surface area (Å²) in [6.07, 6.45) is 0. The summed E-state index contributed by atoms with van der Waals surface area (Å²) in [5.74, 6) is 0.619. The summed E-state index contributed by atoms with van der Waals surface area (Å²) in [7, 11) is 0. The summed E-state index contributed by atoms with van der Waals surface area (Å²) >= 11 is 0. The molecular weight excluding hydrogens is 160 g/mol. The molecule has 0 saturated heterocycles. The Kier molecular flexibility index (Phi) is 3.15. The van der Waals surface area contributed by atoms with Crippen LogP contribution in [-0.2, 0) is 0 Å². The standard InChI is InChI=1S/C11H12N2/c1-9(2)13-11(12-3)10-7-5-4-6-8-10/h4-8H,1,3H2,2H3/b13-11-. The fraction of sp³-hybridized carbons (Fsp3) is 0.0909. The van der Waals surface area contributed by atoms with E-state index in [1.54, 1.807) is 0 Å². The predicted molar refractivity (Wildman–Crippen MR) is 57.3 cm³/mol. The second kappa shape index (κ2) is 4.36. The van der Waals surface area contributed by atoms with Gasteiger partial charge in [-0.25, -0.2) is 9.98 Å². The zero-order valence-corrected chi connectivity index (χ0v) is 7.70. The van der Waals surface area contributed by atoms with Crippen LogP contribution in [0.15, 0.2) is 52.6 Å². The summed E-state index contributed by atoms with van der Waals surface area (Å²) in [4.78, 5) is 8.00. The molecule has 0 aliphatic heterocycles. The van der Waals surface area contributed by atoms with Crippen LogP contribution in [0.3, 0.4) is 0 Å². The summed E-state index contributed by atoms with van der Waals surface area (Å²) < 4.78 is 0. The smallest absolute Gasteiger partial charge is 0.158 e. The van der Waals surface area contributed by atoms with Gasteiger partial charge in [0.15, 0.2) is 5.84 Å². The number of nitrogens with zero attached hydrogens (tertiary/aromatic N) is 2. The molecule has 0 aromatic heterocycles. The van der Waals surface area contributed by atoms with Crippen molar-refractivity contribution in [3.8, 4) is 0 Å². The monoisotopic (exact) mass is 172 g/mol. The van der Waals surface area contributed by atoms with Crippen LogP contribution in [0.1, 0.15) is 12.5 Å². The Labute approximate surface area is 78.4 Å². The normalized spacial score (nSPS) is 11.0. The molecule has 2 heteroatoms. The van der Waals surface area contributed by atoms with Crippen LogP contribution in [0.2, 0.25) is 0 Å². The van der Waals surface area contributed by atoms with Gasteiger partial charge >= 0.3 is 0 Å². The second-order valence-electron chi connectivity index (χ2n) is 2.69. The summed E-state index contributed by atoms with van der Waals surface area (Å²) in [5.41, 5.74) is 1.69. The molecule has 0 unspecified atom stereocenters. The van der Waals surface area contributed by atoms with Crippen molar-refractivity contribution in [2.45, 2.75) is 6.92 Å². The van der Waals surface area contributed by atoms with Gasteiger partial charge in [0, 0.05) is 11.3 Å². The molecule has 2 nitrogen and oxygen atoms in total. The van der Waals surface area contributed by atoms with Gasteiger partial charge in [-0.3, -0.25) is 0 Å². The third kappa shape index (κ3) is 2.67. The molecule has 0 amide bonds. The Balaban J connectivity index is 3.05. The Morgan fingerprint density at radius 3 is 2.31 bits per heavy atom. The fourth-order valence-electron chi connectivity index (χ4n) is 0.959. The first-order valence-corrected chi connectivity index (χ1v) is 4.00. The number of allylic oxidation sites excluding steroid dienone is 1. The molecule has 0 radical (unpaired) electrons. The molecule has 0 heterocycles. The SMILES string of the molecule is C=N/C(=N\C(=C)C)c1ccccc1. The number of hydrogen-bond acceptors (Lipinski definition) is 1. The highest BCUT2D eigenvalue weighted by Crippen LogP contribution is 2.04. The fourth-order valence-corrected chi connectivity index (χ4v) is 0.959. The highest BCUT2D eigenvalue weighted by atomic mass is 14.9. The van der Waals surface area contributed by atoms with E-state index in [-0.39, 0.29) is 0 Å². The van der Waals surface area contributed by atoms with Crippen molar-refractivity contribution in [1.29, 1.82) is 0 Å². The molecule has 0 spiro atoms. The Morgan fingerprint density at radius 1 is 1.23 bits per heavy atom. The molecular formula is C11H12N2. The Hall–Kier alpha value is -1.70. The zero-order chi connectivity index (χ0) is 9.68. The van der Waals surface area contributed by atoms with Gasteiger partial charge in [0.1, 0.15) is 0 Å². The minimum Gasteiger partial charge on any atom is -0.245 e. The van der Waals surface area contributed by atoms with E-state index >= 15 is 0 Å². The van der Waals surface area contributed by atoms with Crippen LogP contribution in [0, 0.1) is 0 Å². The lowest BCUT2D eigenvalue weighted by molar-refractivity contribution is 1.30. The van der Waals surface area contributed by atoms with Crippen molar-refractivity contribution in [2.75, 3.05) is 0 Å². The number of amidine groups is 1. The van der Waals surface area contributed by atoms with E-state index in [1.165, 1.54) is 0 Å². The van der Waals surface area contributed by atoms with Crippen molar-refractivity contribution in [3.63, 3.8) is 0 Å². The quantitative estimate of drug-likeness (QED) is 0.484. The minimum atomic E-state index is 0.619. The van der Waals surface area contributed by atoms with Crippen LogP contribution >= 0.6 is 0 Å². The van der Waals surface area contributed by atoms with Gasteiger partial charge in [0.2, 0.25) is 0 Å². The summed E-state index contributed by atoms with van der Waals surface area (Å²) in [5, 5.41) is 0. The summed E-state index contributed by atoms with van der Waals surface area (Å²) in [6.45, 7) is 8.99. The van der Waals surface area contributed by atoms with Crippen molar-refractivity contribution < 1.29 is 0 Å². The van der Waals surface area contributed by atoms with Gasteiger partial charge in [-0.15, -0.1) is 0 Å². The van der Waals surface area contributed by atoms with Gasteiger partial charge in [0.25, 0.3) is 0 Å². The predicted octanol–water partition coefficient (Wildman–Crippen LogP) is 2.67. The van der Waals surface area contributed by atoms with E-state index in [0.717, 1.165) is 11.3 Å². The molecule has 1 aromatic rings. The highest BCUT2D eigenvalue weighted by Gasteiger charge is 1.97. The lowest BCUT2D eigenvalue weighted by Gasteiger charge is -1.99. The topological polar surface area (TPSA) is 24.7 Å². The van der Waals surface area contributed by atoms with E-state index in [9.17, 15) is 0 Å². The van der Waals surface area contributed by atoms with Crippen LogP contribution < -0.4 is 0 Å². The Bertz CT molecular complexity index is 336. The minimum absolute atomic E-state index is 0.619. The van der Waals surface area contributed by atoms with E-state index in [2.05, 4.69) is 23.3 Å². The van der Waals surface area contributed by atoms with E-state index in [4.69, 9.17) is 0 Å². The van der Waals surface area contributed by atoms with E-state index in [0.29, 0.717) is 5.84 Å². The van der Waals surface area contributed by atoms with Crippen molar-refractivity contribution in [2.24, 2.45) is 9.98 Å². The summed E-state index contributed by atoms with van der Waals surface area (Å²) in [6, 6.07) is 9.71. The zero-order valence-electron chi connectivity index (χ0n) is 7.70. The first-order valence-electron chi connectivity index (χ1n) is 4.00. The average molecular weight is 172 g/mol. The van der Waals surface area contributed by atoms with Crippen LogP contribution in [0.5, 0.6) is 0 Å². The van der Waals surface area contributed by atoms with Crippen LogP contribution in [-0.4, -0.2) is 12.6 Å². The van der Waals surface area contributed by atoms with Crippen molar-refractivity contribution >= 4 is 12.6 Å². The molecule has 66 valence electrons. The van der Waals surface area contributed by atoms with E-state index < -0.39 is 0 Å². The molecule has 0 aliphatic rings. The number of benzene rings is 1. The molecule has 13 heavy (non-hydrogen) atoms. The number of rotatable bonds is 2. The molecule has 0 N–H and O–H groups in total. The van der Waals surface area contributed by atoms with Gasteiger partial charge in [0.05, 0.1) is 0 Å². The maximum absolute atomic E-state index is 4.16. The molecule has 0 aliphatic carbocycles. The first kappa shape index (κ1) is 9.39. The maximum atomic E-state index is 4.16. The second-order valence-corrected chi connectivity index (χ2v) is 2.69. The van der Waals surface area contributed by atoms with Gasteiger partial charge < -0.3 is 0 Å². The lowest BCUT2D eigenvalue weighted by atomic mass is 10.2. The molecule has 0 atom stereocenters. The third-order valence-corrected chi connectivity index (χ3v) is 1.48.